The first-order valence-electron chi connectivity index (χ1n) is 6.11. The van der Waals surface area contributed by atoms with Crippen LogP contribution in [0.4, 0.5) is 11.6 Å². The molecule has 0 saturated carbocycles. The Bertz CT molecular complexity index is 580. The predicted molar refractivity (Wildman–Crippen MR) is 76.4 cm³/mol. The van der Waals surface area contributed by atoms with Crippen molar-refractivity contribution in [3.8, 4) is 6.01 Å². The van der Waals surface area contributed by atoms with Gasteiger partial charge in [-0.15, -0.1) is 0 Å². The van der Waals surface area contributed by atoms with Crippen LogP contribution >= 0.6 is 11.6 Å². The van der Waals surface area contributed by atoms with Crippen LogP contribution in [0.3, 0.4) is 0 Å². The van der Waals surface area contributed by atoms with E-state index in [1.807, 2.05) is 31.2 Å². The molecule has 0 unspecified atom stereocenters. The molecule has 106 valence electrons. The van der Waals surface area contributed by atoms with Gasteiger partial charge in [0.2, 0.25) is 11.2 Å². The molecule has 0 amide bonds. The standard InChI is InChI=1S/C13H15ClN4O2/c1-3-20-13-17-11(14)16-12(18-13)15-10-7-5-4-6-9(10)8-19-2/h4-7H,3,8H2,1-2H3,(H,15,16,17,18). The summed E-state index contributed by atoms with van der Waals surface area (Å²) in [5.41, 5.74) is 1.84. The first-order chi connectivity index (χ1) is 9.72. The van der Waals surface area contributed by atoms with Crippen LogP contribution in [-0.2, 0) is 11.3 Å². The summed E-state index contributed by atoms with van der Waals surface area (Å²) in [5.74, 6) is 0.331. The lowest BCUT2D eigenvalue weighted by Crippen LogP contribution is -2.05. The maximum absolute atomic E-state index is 5.85. The number of nitrogens with one attached hydrogen (secondary N) is 1. The normalized spacial score (nSPS) is 10.3. The molecule has 1 aromatic carbocycles. The Balaban J connectivity index is 2.25. The van der Waals surface area contributed by atoms with Gasteiger partial charge in [0.1, 0.15) is 0 Å². The fourth-order valence-electron chi connectivity index (χ4n) is 1.63. The lowest BCUT2D eigenvalue weighted by molar-refractivity contribution is 0.185. The van der Waals surface area contributed by atoms with Gasteiger partial charge in [-0.3, -0.25) is 0 Å². The van der Waals surface area contributed by atoms with Crippen molar-refractivity contribution in [2.75, 3.05) is 19.0 Å². The highest BCUT2D eigenvalue weighted by molar-refractivity contribution is 6.28. The molecule has 1 aromatic heterocycles. The molecule has 1 N–H and O–H groups in total. The summed E-state index contributed by atoms with van der Waals surface area (Å²) in [6, 6.07) is 7.91. The van der Waals surface area contributed by atoms with Gasteiger partial charge in [-0.05, 0) is 24.6 Å². The van der Waals surface area contributed by atoms with Gasteiger partial charge in [0.05, 0.1) is 13.2 Å². The van der Waals surface area contributed by atoms with E-state index in [0.717, 1.165) is 11.3 Å². The number of methoxy groups -OCH3 is 1. The zero-order valence-electron chi connectivity index (χ0n) is 11.3. The van der Waals surface area contributed by atoms with Crippen molar-refractivity contribution in [2.24, 2.45) is 0 Å². The highest BCUT2D eigenvalue weighted by Gasteiger charge is 2.08. The molecule has 0 aliphatic heterocycles. The summed E-state index contributed by atoms with van der Waals surface area (Å²) in [6.45, 7) is 2.79. The van der Waals surface area contributed by atoms with Crippen molar-refractivity contribution < 1.29 is 9.47 Å². The van der Waals surface area contributed by atoms with Crippen LogP contribution in [0.1, 0.15) is 12.5 Å². The number of anilines is 2. The third-order valence-electron chi connectivity index (χ3n) is 2.42. The van der Waals surface area contributed by atoms with Gasteiger partial charge in [-0.2, -0.15) is 15.0 Å². The zero-order chi connectivity index (χ0) is 14.4. The molecule has 0 bridgehead atoms. The Kier molecular flexibility index (Phi) is 5.09. The fourth-order valence-corrected chi connectivity index (χ4v) is 1.78. The van der Waals surface area contributed by atoms with E-state index in [2.05, 4.69) is 20.3 Å². The van der Waals surface area contributed by atoms with E-state index in [1.54, 1.807) is 7.11 Å². The molecule has 20 heavy (non-hydrogen) atoms. The summed E-state index contributed by atoms with van der Waals surface area (Å²) in [4.78, 5) is 12.0. The number of ether oxygens (including phenoxy) is 2. The predicted octanol–water partition coefficient (Wildman–Crippen LogP) is 2.81. The summed E-state index contributed by atoms with van der Waals surface area (Å²) in [7, 11) is 1.64. The van der Waals surface area contributed by atoms with E-state index in [9.17, 15) is 0 Å². The van der Waals surface area contributed by atoms with E-state index in [1.165, 1.54) is 0 Å². The van der Waals surface area contributed by atoms with E-state index in [0.29, 0.717) is 19.2 Å². The highest BCUT2D eigenvalue weighted by Crippen LogP contribution is 2.21. The average molecular weight is 295 g/mol. The third-order valence-corrected chi connectivity index (χ3v) is 2.59. The number of aromatic nitrogens is 3. The molecular formula is C13H15ClN4O2. The first-order valence-corrected chi connectivity index (χ1v) is 6.49. The summed E-state index contributed by atoms with van der Waals surface area (Å²) < 4.78 is 10.4. The molecule has 7 heteroatoms. The van der Waals surface area contributed by atoms with Crippen LogP contribution in [0, 0.1) is 0 Å². The molecule has 0 aliphatic rings. The van der Waals surface area contributed by atoms with Crippen molar-refractivity contribution in [2.45, 2.75) is 13.5 Å². The van der Waals surface area contributed by atoms with Crippen LogP contribution < -0.4 is 10.1 Å². The van der Waals surface area contributed by atoms with Gasteiger partial charge in [-0.25, -0.2) is 0 Å². The molecule has 2 rings (SSSR count). The van der Waals surface area contributed by atoms with E-state index < -0.39 is 0 Å². The van der Waals surface area contributed by atoms with Gasteiger partial charge >= 0.3 is 6.01 Å². The second-order valence-electron chi connectivity index (χ2n) is 3.86. The van der Waals surface area contributed by atoms with Gasteiger partial charge in [-0.1, -0.05) is 18.2 Å². The number of rotatable bonds is 6. The van der Waals surface area contributed by atoms with Crippen LogP contribution in [0.2, 0.25) is 5.28 Å². The number of hydrogen-bond acceptors (Lipinski definition) is 6. The Morgan fingerprint density at radius 1 is 1.20 bits per heavy atom. The molecule has 1 heterocycles. The number of halogens is 1. The molecule has 2 aromatic rings. The van der Waals surface area contributed by atoms with Gasteiger partial charge in [0, 0.05) is 18.4 Å². The molecule has 0 aliphatic carbocycles. The number of nitrogens with zero attached hydrogens (tertiary/aromatic N) is 3. The molecule has 0 atom stereocenters. The van der Waals surface area contributed by atoms with E-state index in [-0.39, 0.29) is 11.3 Å². The minimum atomic E-state index is 0.0789. The molecule has 0 saturated heterocycles. The fraction of sp³-hybridized carbons (Fsp3) is 0.308. The molecule has 0 fully saturated rings. The monoisotopic (exact) mass is 294 g/mol. The molecular weight excluding hydrogens is 280 g/mol. The first kappa shape index (κ1) is 14.5. The van der Waals surface area contributed by atoms with Crippen LogP contribution in [0.15, 0.2) is 24.3 Å². The number of benzene rings is 1. The molecule has 0 spiro atoms. The average Bonchev–Trinajstić information content (AvgIpc) is 2.41. The number of hydrogen-bond donors (Lipinski definition) is 1. The zero-order valence-corrected chi connectivity index (χ0v) is 12.0. The van der Waals surface area contributed by atoms with E-state index >= 15 is 0 Å². The van der Waals surface area contributed by atoms with Crippen molar-refractivity contribution in [1.82, 2.24) is 15.0 Å². The Morgan fingerprint density at radius 2 is 2.00 bits per heavy atom. The van der Waals surface area contributed by atoms with Gasteiger partial charge < -0.3 is 14.8 Å². The summed E-state index contributed by atoms with van der Waals surface area (Å²) >= 11 is 5.85. The second-order valence-corrected chi connectivity index (χ2v) is 4.20. The van der Waals surface area contributed by atoms with Gasteiger partial charge in [0.15, 0.2) is 0 Å². The minimum absolute atomic E-state index is 0.0789. The Labute approximate surface area is 122 Å². The lowest BCUT2D eigenvalue weighted by Gasteiger charge is -2.10. The van der Waals surface area contributed by atoms with Crippen LogP contribution in [-0.4, -0.2) is 28.7 Å². The smallest absolute Gasteiger partial charge is 0.322 e. The van der Waals surface area contributed by atoms with E-state index in [4.69, 9.17) is 21.1 Å². The quantitative estimate of drug-likeness (QED) is 0.883. The molecule has 0 radical (unpaired) electrons. The topological polar surface area (TPSA) is 69.2 Å². The van der Waals surface area contributed by atoms with Crippen molar-refractivity contribution in [3.63, 3.8) is 0 Å². The summed E-state index contributed by atoms with van der Waals surface area (Å²) in [5, 5.41) is 3.17. The second kappa shape index (κ2) is 7.02. The minimum Gasteiger partial charge on any atom is -0.464 e. The van der Waals surface area contributed by atoms with Crippen molar-refractivity contribution >= 4 is 23.2 Å². The lowest BCUT2D eigenvalue weighted by atomic mass is 10.2. The largest absolute Gasteiger partial charge is 0.464 e. The molecule has 6 nitrogen and oxygen atoms in total. The van der Waals surface area contributed by atoms with Crippen molar-refractivity contribution in [3.05, 3.63) is 35.1 Å². The Hall–Kier alpha value is -1.92. The van der Waals surface area contributed by atoms with Gasteiger partial charge in [0.25, 0.3) is 0 Å². The maximum Gasteiger partial charge on any atom is 0.322 e. The summed E-state index contributed by atoms with van der Waals surface area (Å²) in [6.07, 6.45) is 0. The Morgan fingerprint density at radius 3 is 2.75 bits per heavy atom. The van der Waals surface area contributed by atoms with Crippen LogP contribution in [0.5, 0.6) is 6.01 Å². The highest BCUT2D eigenvalue weighted by atomic mass is 35.5. The van der Waals surface area contributed by atoms with Crippen molar-refractivity contribution in [1.29, 1.82) is 0 Å². The number of para-hydroxylation sites is 1. The third kappa shape index (κ3) is 3.79. The van der Waals surface area contributed by atoms with Crippen LogP contribution in [0.25, 0.3) is 0 Å². The SMILES string of the molecule is CCOc1nc(Cl)nc(Nc2ccccc2COC)n1. The maximum atomic E-state index is 5.85.